The van der Waals surface area contributed by atoms with Crippen molar-refractivity contribution in [2.45, 2.75) is 19.8 Å². The lowest BCUT2D eigenvalue weighted by Gasteiger charge is -2.07. The summed E-state index contributed by atoms with van der Waals surface area (Å²) in [6.45, 7) is 1.86. The molecule has 0 heterocycles. The van der Waals surface area contributed by atoms with E-state index in [-0.39, 0.29) is 39.3 Å². The fourth-order valence-electron chi connectivity index (χ4n) is 2.02. The summed E-state index contributed by atoms with van der Waals surface area (Å²) in [6.07, 6.45) is 0.963. The van der Waals surface area contributed by atoms with Crippen LogP contribution in [0.15, 0.2) is 42.5 Å². The van der Waals surface area contributed by atoms with Crippen LogP contribution in [0.5, 0.6) is 5.75 Å². The quantitative estimate of drug-likeness (QED) is 0.257. The van der Waals surface area contributed by atoms with E-state index in [1.807, 2.05) is 6.92 Å². The molecule has 124 valence electrons. The normalized spacial score (nSPS) is 10.2. The number of ketones is 1. The number of rotatable bonds is 6. The van der Waals surface area contributed by atoms with Crippen LogP contribution in [-0.2, 0) is 4.79 Å². The molecule has 0 radical (unpaired) electrons. The highest BCUT2D eigenvalue weighted by Crippen LogP contribution is 2.26. The highest BCUT2D eigenvalue weighted by molar-refractivity contribution is 6.35. The number of carbonyl (C=O) groups is 2. The molecule has 0 saturated carbocycles. The van der Waals surface area contributed by atoms with Crippen molar-refractivity contribution in [1.82, 2.24) is 0 Å². The summed E-state index contributed by atoms with van der Waals surface area (Å²) in [6, 6.07) is 9.58. The summed E-state index contributed by atoms with van der Waals surface area (Å²) in [4.78, 5) is 34.0. The third-order valence-corrected chi connectivity index (χ3v) is 3.52. The summed E-state index contributed by atoms with van der Waals surface area (Å²) >= 11 is 6.10. The Morgan fingerprint density at radius 3 is 2.38 bits per heavy atom. The van der Waals surface area contributed by atoms with Crippen molar-refractivity contribution >= 4 is 29.0 Å². The van der Waals surface area contributed by atoms with Crippen molar-refractivity contribution in [3.8, 4) is 5.75 Å². The van der Waals surface area contributed by atoms with Gasteiger partial charge in [-0.1, -0.05) is 18.5 Å². The summed E-state index contributed by atoms with van der Waals surface area (Å²) in [7, 11) is 0. The number of carbonyl (C=O) groups excluding carboxylic acids is 2. The number of esters is 1. The van der Waals surface area contributed by atoms with Crippen molar-refractivity contribution < 1.29 is 19.2 Å². The number of non-ortho nitro benzene ring substituents is 1. The maximum atomic E-state index is 12.4. The van der Waals surface area contributed by atoms with E-state index < -0.39 is 4.92 Å². The third-order valence-electron chi connectivity index (χ3n) is 3.21. The van der Waals surface area contributed by atoms with E-state index in [2.05, 4.69) is 0 Å². The van der Waals surface area contributed by atoms with E-state index >= 15 is 0 Å². The van der Waals surface area contributed by atoms with E-state index in [1.165, 1.54) is 42.5 Å². The van der Waals surface area contributed by atoms with Crippen LogP contribution in [-0.4, -0.2) is 16.7 Å². The fraction of sp³-hybridized carbons (Fsp3) is 0.176. The van der Waals surface area contributed by atoms with Gasteiger partial charge >= 0.3 is 5.97 Å². The van der Waals surface area contributed by atoms with Crippen LogP contribution in [0, 0.1) is 10.1 Å². The van der Waals surface area contributed by atoms with Crippen LogP contribution in [0.25, 0.3) is 0 Å². The van der Waals surface area contributed by atoms with Gasteiger partial charge in [-0.2, -0.15) is 0 Å². The molecule has 0 aliphatic rings. The number of nitrogens with zero attached hydrogens (tertiary/aromatic N) is 1. The van der Waals surface area contributed by atoms with E-state index in [0.29, 0.717) is 12.8 Å². The molecule has 0 aliphatic carbocycles. The average molecular weight is 348 g/mol. The lowest BCUT2D eigenvalue weighted by molar-refractivity contribution is -0.384. The molecule has 0 bridgehead atoms. The zero-order chi connectivity index (χ0) is 17.7. The van der Waals surface area contributed by atoms with Crippen molar-refractivity contribution in [3.63, 3.8) is 0 Å². The molecule has 0 aromatic heterocycles. The zero-order valence-corrected chi connectivity index (χ0v) is 13.6. The fourth-order valence-corrected chi connectivity index (χ4v) is 2.28. The Morgan fingerprint density at radius 1 is 1.17 bits per heavy atom. The first kappa shape index (κ1) is 17.6. The van der Waals surface area contributed by atoms with Crippen LogP contribution < -0.4 is 4.74 Å². The first-order valence-electron chi connectivity index (χ1n) is 7.21. The summed E-state index contributed by atoms with van der Waals surface area (Å²) in [5.41, 5.74) is 0.398. The maximum absolute atomic E-state index is 12.4. The molecular weight excluding hydrogens is 334 g/mol. The molecule has 0 N–H and O–H groups in total. The molecule has 0 unspecified atom stereocenters. The van der Waals surface area contributed by atoms with Gasteiger partial charge in [-0.25, -0.2) is 0 Å². The van der Waals surface area contributed by atoms with Crippen molar-refractivity contribution in [3.05, 3.63) is 68.7 Å². The Hall–Kier alpha value is -2.73. The van der Waals surface area contributed by atoms with Crippen molar-refractivity contribution in [1.29, 1.82) is 0 Å². The molecule has 6 nitrogen and oxygen atoms in total. The molecule has 0 fully saturated rings. The smallest absolute Gasteiger partial charge is 0.311 e. The SMILES string of the molecule is CCCC(=O)Oc1ccc(C(=O)c2ccc([N+](=O)[O-])cc2)c(Cl)c1. The van der Waals surface area contributed by atoms with E-state index in [4.69, 9.17) is 16.3 Å². The Balaban J connectivity index is 2.20. The molecule has 24 heavy (non-hydrogen) atoms. The maximum Gasteiger partial charge on any atom is 0.311 e. The van der Waals surface area contributed by atoms with Gasteiger partial charge in [0.2, 0.25) is 0 Å². The Kier molecular flexibility index (Phi) is 5.65. The van der Waals surface area contributed by atoms with Gasteiger partial charge in [-0.3, -0.25) is 19.7 Å². The molecule has 2 aromatic carbocycles. The van der Waals surface area contributed by atoms with Crippen LogP contribution in [0.1, 0.15) is 35.7 Å². The topological polar surface area (TPSA) is 86.5 Å². The minimum absolute atomic E-state index is 0.101. The molecule has 7 heteroatoms. The minimum atomic E-state index is -0.541. The number of benzene rings is 2. The molecule has 2 rings (SSSR count). The lowest BCUT2D eigenvalue weighted by Crippen LogP contribution is -2.08. The average Bonchev–Trinajstić information content (AvgIpc) is 2.54. The minimum Gasteiger partial charge on any atom is -0.426 e. The van der Waals surface area contributed by atoms with Gasteiger partial charge in [0.05, 0.1) is 9.95 Å². The van der Waals surface area contributed by atoms with Crippen molar-refractivity contribution in [2.75, 3.05) is 0 Å². The number of hydrogen-bond acceptors (Lipinski definition) is 5. The van der Waals surface area contributed by atoms with E-state index in [9.17, 15) is 19.7 Å². The first-order valence-corrected chi connectivity index (χ1v) is 7.59. The van der Waals surface area contributed by atoms with Crippen LogP contribution in [0.3, 0.4) is 0 Å². The van der Waals surface area contributed by atoms with Gasteiger partial charge in [0.15, 0.2) is 5.78 Å². The van der Waals surface area contributed by atoms with Gasteiger partial charge in [-0.15, -0.1) is 0 Å². The number of nitro benzene ring substituents is 1. The second-order valence-electron chi connectivity index (χ2n) is 5.00. The predicted molar refractivity (Wildman–Crippen MR) is 88.5 cm³/mol. The lowest BCUT2D eigenvalue weighted by atomic mass is 10.0. The van der Waals surface area contributed by atoms with Gasteiger partial charge in [0.25, 0.3) is 5.69 Å². The highest BCUT2D eigenvalue weighted by atomic mass is 35.5. The summed E-state index contributed by atoms with van der Waals surface area (Å²) < 4.78 is 5.11. The van der Waals surface area contributed by atoms with Crippen molar-refractivity contribution in [2.24, 2.45) is 0 Å². The standard InChI is InChI=1S/C17H14ClNO5/c1-2-3-16(20)24-13-8-9-14(15(18)10-13)17(21)11-4-6-12(7-5-11)19(22)23/h4-10H,2-3H2,1H3. The van der Waals surface area contributed by atoms with Gasteiger partial charge in [0.1, 0.15) is 5.75 Å². The predicted octanol–water partition coefficient (Wildman–Crippen LogP) is 4.18. The van der Waals surface area contributed by atoms with E-state index in [0.717, 1.165) is 0 Å². The monoisotopic (exact) mass is 347 g/mol. The van der Waals surface area contributed by atoms with Crippen LogP contribution >= 0.6 is 11.6 Å². The number of ether oxygens (including phenoxy) is 1. The Labute approximate surface area is 143 Å². The zero-order valence-electron chi connectivity index (χ0n) is 12.8. The van der Waals surface area contributed by atoms with Gasteiger partial charge in [-0.05, 0) is 30.7 Å². The molecule has 0 aliphatic heterocycles. The number of halogens is 1. The highest BCUT2D eigenvalue weighted by Gasteiger charge is 2.16. The Morgan fingerprint density at radius 2 is 1.83 bits per heavy atom. The summed E-state index contributed by atoms with van der Waals surface area (Å²) in [5.74, 6) is -0.483. The molecule has 0 spiro atoms. The second kappa shape index (κ2) is 7.70. The first-order chi connectivity index (χ1) is 11.4. The number of hydrogen-bond donors (Lipinski definition) is 0. The largest absolute Gasteiger partial charge is 0.426 e. The molecule has 0 amide bonds. The third kappa shape index (κ3) is 4.17. The van der Waals surface area contributed by atoms with Crippen LogP contribution in [0.2, 0.25) is 5.02 Å². The van der Waals surface area contributed by atoms with Crippen LogP contribution in [0.4, 0.5) is 5.69 Å². The molecule has 0 atom stereocenters. The van der Waals surface area contributed by atoms with Gasteiger partial charge < -0.3 is 4.74 Å². The molecule has 0 saturated heterocycles. The molecule has 2 aromatic rings. The van der Waals surface area contributed by atoms with E-state index in [1.54, 1.807) is 0 Å². The number of nitro groups is 1. The van der Waals surface area contributed by atoms with Gasteiger partial charge in [0, 0.05) is 35.7 Å². The second-order valence-corrected chi connectivity index (χ2v) is 5.41. The molecular formula is C17H14ClNO5. The summed E-state index contributed by atoms with van der Waals surface area (Å²) in [5, 5.41) is 10.8. The Bertz CT molecular complexity index is 786.